The maximum Gasteiger partial charge on any atom is 0.270 e. The summed E-state index contributed by atoms with van der Waals surface area (Å²) in [5, 5.41) is 6.41. The highest BCUT2D eigenvalue weighted by Gasteiger charge is 2.08. The van der Waals surface area contributed by atoms with Crippen molar-refractivity contribution in [1.29, 1.82) is 0 Å². The van der Waals surface area contributed by atoms with Crippen LogP contribution in [0.3, 0.4) is 0 Å². The molecule has 6 heteroatoms. The second-order valence-electron chi connectivity index (χ2n) is 4.38. The van der Waals surface area contributed by atoms with Crippen molar-refractivity contribution in [2.75, 3.05) is 11.9 Å². The molecule has 1 heterocycles. The van der Waals surface area contributed by atoms with Gasteiger partial charge in [-0.05, 0) is 24.6 Å². The number of nitrogens with zero attached hydrogens (tertiary/aromatic N) is 2. The average Bonchev–Trinajstić information content (AvgIpc) is 2.49. The number of amides is 1. The Bertz CT molecular complexity index is 672. The van der Waals surface area contributed by atoms with E-state index in [1.807, 2.05) is 19.1 Å². The van der Waals surface area contributed by atoms with Crippen LogP contribution in [-0.4, -0.2) is 22.4 Å². The summed E-state index contributed by atoms with van der Waals surface area (Å²) >= 11 is 6.07. The zero-order valence-corrected chi connectivity index (χ0v) is 12.3. The number of benzene rings is 1. The van der Waals surface area contributed by atoms with Crippen LogP contribution in [0.25, 0.3) is 0 Å². The van der Waals surface area contributed by atoms with Gasteiger partial charge in [-0.1, -0.05) is 23.7 Å². The van der Waals surface area contributed by atoms with Gasteiger partial charge in [0.25, 0.3) is 5.91 Å². The molecule has 0 saturated carbocycles. The molecule has 0 aliphatic carbocycles. The molecular formula is C15H15ClN4O. The van der Waals surface area contributed by atoms with E-state index >= 15 is 0 Å². The first-order valence-electron chi connectivity index (χ1n) is 6.34. The fraction of sp³-hybridized carbons (Fsp3) is 0.133. The van der Waals surface area contributed by atoms with Crippen molar-refractivity contribution in [2.45, 2.75) is 6.92 Å². The zero-order valence-electron chi connectivity index (χ0n) is 11.6. The first-order chi connectivity index (χ1) is 10.1. The van der Waals surface area contributed by atoms with Gasteiger partial charge in [0.15, 0.2) is 0 Å². The van der Waals surface area contributed by atoms with Gasteiger partial charge in [-0.3, -0.25) is 4.79 Å². The van der Waals surface area contributed by atoms with Gasteiger partial charge in [0.1, 0.15) is 17.8 Å². The van der Waals surface area contributed by atoms with Crippen LogP contribution in [-0.2, 0) is 0 Å². The predicted molar refractivity (Wildman–Crippen MR) is 84.0 cm³/mol. The van der Waals surface area contributed by atoms with Gasteiger partial charge in [-0.25, -0.2) is 9.97 Å². The molecule has 0 atom stereocenters. The number of rotatable bonds is 5. The van der Waals surface area contributed by atoms with Crippen molar-refractivity contribution in [1.82, 2.24) is 15.3 Å². The third-order valence-electron chi connectivity index (χ3n) is 2.75. The fourth-order valence-corrected chi connectivity index (χ4v) is 1.80. The first-order valence-corrected chi connectivity index (χ1v) is 6.72. The summed E-state index contributed by atoms with van der Waals surface area (Å²) < 4.78 is 0. The van der Waals surface area contributed by atoms with Crippen LogP contribution < -0.4 is 10.6 Å². The van der Waals surface area contributed by atoms with Crippen molar-refractivity contribution in [3.05, 3.63) is 59.5 Å². The molecular weight excluding hydrogens is 288 g/mol. The lowest BCUT2D eigenvalue weighted by Gasteiger charge is -2.08. The number of hydrogen-bond donors (Lipinski definition) is 2. The Balaban J connectivity index is 2.15. The summed E-state index contributed by atoms with van der Waals surface area (Å²) in [5.74, 6) is 0.246. The Morgan fingerprint density at radius 1 is 1.38 bits per heavy atom. The van der Waals surface area contributed by atoms with E-state index in [1.165, 1.54) is 6.33 Å². The summed E-state index contributed by atoms with van der Waals surface area (Å²) in [6, 6.07) is 7.17. The van der Waals surface area contributed by atoms with E-state index in [4.69, 9.17) is 11.6 Å². The lowest BCUT2D eigenvalue weighted by molar-refractivity contribution is 0.0953. The normalized spacial score (nSPS) is 10.0. The van der Waals surface area contributed by atoms with Gasteiger partial charge in [-0.2, -0.15) is 0 Å². The summed E-state index contributed by atoms with van der Waals surface area (Å²) in [7, 11) is 0. The van der Waals surface area contributed by atoms with E-state index < -0.39 is 0 Å². The lowest BCUT2D eigenvalue weighted by atomic mass is 10.2. The van der Waals surface area contributed by atoms with Crippen LogP contribution in [0, 0.1) is 6.92 Å². The van der Waals surface area contributed by atoms with Gasteiger partial charge in [0.05, 0.1) is 0 Å². The number of aromatic nitrogens is 2. The molecule has 2 rings (SSSR count). The Morgan fingerprint density at radius 2 is 2.19 bits per heavy atom. The van der Waals surface area contributed by atoms with E-state index in [9.17, 15) is 4.79 Å². The van der Waals surface area contributed by atoms with E-state index in [0.717, 1.165) is 11.3 Å². The van der Waals surface area contributed by atoms with E-state index in [2.05, 4.69) is 27.2 Å². The van der Waals surface area contributed by atoms with Crippen molar-refractivity contribution in [3.8, 4) is 0 Å². The Morgan fingerprint density at radius 3 is 2.90 bits per heavy atom. The minimum Gasteiger partial charge on any atom is -0.347 e. The van der Waals surface area contributed by atoms with Crippen LogP contribution in [0.15, 0.2) is 43.2 Å². The van der Waals surface area contributed by atoms with E-state index in [-0.39, 0.29) is 11.6 Å². The highest BCUT2D eigenvalue weighted by Crippen LogP contribution is 2.22. The second-order valence-corrected chi connectivity index (χ2v) is 4.78. The van der Waals surface area contributed by atoms with Gasteiger partial charge in [0, 0.05) is 23.3 Å². The molecule has 2 N–H and O–H groups in total. The molecule has 0 saturated heterocycles. The lowest BCUT2D eigenvalue weighted by Crippen LogP contribution is -2.24. The largest absolute Gasteiger partial charge is 0.347 e. The third kappa shape index (κ3) is 4.03. The molecule has 5 nitrogen and oxygen atoms in total. The van der Waals surface area contributed by atoms with E-state index in [1.54, 1.807) is 18.2 Å². The van der Waals surface area contributed by atoms with Crippen molar-refractivity contribution in [3.63, 3.8) is 0 Å². The number of halogens is 1. The first kappa shape index (κ1) is 15.0. The molecule has 0 aliphatic heterocycles. The Hall–Kier alpha value is -2.40. The molecule has 108 valence electrons. The molecule has 0 spiro atoms. The highest BCUT2D eigenvalue weighted by molar-refractivity contribution is 6.31. The molecule has 0 unspecified atom stereocenters. The number of anilines is 2. The van der Waals surface area contributed by atoms with Crippen LogP contribution in [0.5, 0.6) is 0 Å². The third-order valence-corrected chi connectivity index (χ3v) is 3.16. The minimum atomic E-state index is -0.276. The monoisotopic (exact) mass is 302 g/mol. The second kappa shape index (κ2) is 6.85. The number of aryl methyl sites for hydroxylation is 1. The van der Waals surface area contributed by atoms with Crippen molar-refractivity contribution < 1.29 is 4.79 Å². The van der Waals surface area contributed by atoms with Crippen molar-refractivity contribution in [2.24, 2.45) is 0 Å². The molecule has 0 aliphatic rings. The number of nitrogens with one attached hydrogen (secondary N) is 2. The molecule has 0 radical (unpaired) electrons. The quantitative estimate of drug-likeness (QED) is 0.833. The fourth-order valence-electron chi connectivity index (χ4n) is 1.62. The van der Waals surface area contributed by atoms with Gasteiger partial charge < -0.3 is 10.6 Å². The Labute approximate surface area is 128 Å². The SMILES string of the molecule is C=CCNC(=O)c1cc(Nc2ccc(C)c(Cl)c2)ncn1. The van der Waals surface area contributed by atoms with E-state index in [0.29, 0.717) is 17.4 Å². The molecule has 1 aromatic heterocycles. The molecule has 2 aromatic rings. The maximum atomic E-state index is 11.8. The topological polar surface area (TPSA) is 66.9 Å². The van der Waals surface area contributed by atoms with Gasteiger partial charge in [0.2, 0.25) is 0 Å². The number of carbonyl (C=O) groups excluding carboxylic acids is 1. The molecule has 1 aromatic carbocycles. The summed E-state index contributed by atoms with van der Waals surface area (Å²) in [4.78, 5) is 19.8. The van der Waals surface area contributed by atoms with Crippen LogP contribution in [0.2, 0.25) is 5.02 Å². The standard InChI is InChI=1S/C15H15ClN4O/c1-3-6-17-15(21)13-8-14(19-9-18-13)20-11-5-4-10(2)12(16)7-11/h3-5,7-9H,1,6H2,2H3,(H,17,21)(H,18,19,20). The number of hydrogen-bond acceptors (Lipinski definition) is 4. The highest BCUT2D eigenvalue weighted by atomic mass is 35.5. The summed E-state index contributed by atoms with van der Waals surface area (Å²) in [6.45, 7) is 5.86. The molecule has 0 bridgehead atoms. The Kier molecular flexibility index (Phi) is 4.90. The number of carbonyl (C=O) groups is 1. The van der Waals surface area contributed by atoms with Crippen LogP contribution >= 0.6 is 11.6 Å². The predicted octanol–water partition coefficient (Wildman–Crippen LogP) is 3.10. The van der Waals surface area contributed by atoms with Crippen LogP contribution in [0.1, 0.15) is 16.1 Å². The molecule has 0 fully saturated rings. The summed E-state index contributed by atoms with van der Waals surface area (Å²) in [5.41, 5.74) is 2.07. The smallest absolute Gasteiger partial charge is 0.270 e. The summed E-state index contributed by atoms with van der Waals surface area (Å²) in [6.07, 6.45) is 2.94. The van der Waals surface area contributed by atoms with Crippen molar-refractivity contribution >= 4 is 29.0 Å². The average molecular weight is 303 g/mol. The minimum absolute atomic E-state index is 0.276. The van der Waals surface area contributed by atoms with Gasteiger partial charge >= 0.3 is 0 Å². The molecule has 21 heavy (non-hydrogen) atoms. The zero-order chi connectivity index (χ0) is 15.2. The maximum absolute atomic E-state index is 11.8. The molecule has 1 amide bonds. The van der Waals surface area contributed by atoms with Crippen LogP contribution in [0.4, 0.5) is 11.5 Å². The van der Waals surface area contributed by atoms with Gasteiger partial charge in [-0.15, -0.1) is 6.58 Å².